The van der Waals surface area contributed by atoms with Crippen LogP contribution in [-0.2, 0) is 16.2 Å². The number of nitrogens with zero attached hydrogens (tertiary/aromatic N) is 2. The summed E-state index contributed by atoms with van der Waals surface area (Å²) in [5.74, 6) is 0. The van der Waals surface area contributed by atoms with Gasteiger partial charge in [0.05, 0.1) is 17.1 Å². The third-order valence-electron chi connectivity index (χ3n) is 12.2. The predicted molar refractivity (Wildman–Crippen MR) is 237 cm³/mol. The van der Waals surface area contributed by atoms with Gasteiger partial charge in [-0.25, -0.2) is 4.98 Å². The van der Waals surface area contributed by atoms with Gasteiger partial charge in [0, 0.05) is 22.6 Å². The minimum atomic E-state index is 0.0151. The molecule has 0 atom stereocenters. The van der Waals surface area contributed by atoms with E-state index in [1.165, 1.54) is 120 Å². The molecule has 0 saturated carbocycles. The first-order chi connectivity index (χ1) is 26.4. The molecule has 2 heteroatoms. The van der Waals surface area contributed by atoms with Gasteiger partial charge >= 0.3 is 0 Å². The van der Waals surface area contributed by atoms with Crippen LogP contribution in [0.4, 0.5) is 0 Å². The molecule has 0 spiro atoms. The number of rotatable bonds is 13. The van der Waals surface area contributed by atoms with Crippen LogP contribution >= 0.6 is 0 Å². The molecule has 4 aromatic carbocycles. The average Bonchev–Trinajstić information content (AvgIpc) is 3.45. The lowest BCUT2D eigenvalue weighted by Gasteiger charge is -2.33. The third-order valence-corrected chi connectivity index (χ3v) is 12.2. The van der Waals surface area contributed by atoms with Crippen molar-refractivity contribution in [3.63, 3.8) is 0 Å². The maximum Gasteiger partial charge on any atom is 0.0900 e. The molecule has 1 aliphatic rings. The van der Waals surface area contributed by atoms with Crippen molar-refractivity contribution in [1.82, 2.24) is 9.97 Å². The van der Waals surface area contributed by atoms with E-state index in [2.05, 4.69) is 159 Å². The summed E-state index contributed by atoms with van der Waals surface area (Å²) in [5.41, 5.74) is 15.0. The predicted octanol–water partition coefficient (Wildman–Crippen LogP) is 15.4. The van der Waals surface area contributed by atoms with Crippen molar-refractivity contribution in [3.8, 4) is 44.9 Å². The Morgan fingerprint density at radius 2 is 1.05 bits per heavy atom. The maximum absolute atomic E-state index is 5.48. The van der Waals surface area contributed by atoms with Gasteiger partial charge in [0.2, 0.25) is 0 Å². The van der Waals surface area contributed by atoms with Crippen molar-refractivity contribution in [2.75, 3.05) is 0 Å². The van der Waals surface area contributed by atoms with Gasteiger partial charge in [-0.2, -0.15) is 0 Å². The van der Waals surface area contributed by atoms with E-state index in [9.17, 15) is 0 Å². The van der Waals surface area contributed by atoms with Gasteiger partial charge in [-0.3, -0.25) is 4.98 Å². The molecule has 1 aliphatic carbocycles. The van der Waals surface area contributed by atoms with Crippen molar-refractivity contribution in [3.05, 3.63) is 132 Å². The number of pyridine rings is 2. The quantitative estimate of drug-likeness (QED) is 0.111. The maximum atomic E-state index is 5.48. The summed E-state index contributed by atoms with van der Waals surface area (Å²) < 4.78 is 0. The molecule has 55 heavy (non-hydrogen) atoms. The molecule has 2 heterocycles. The van der Waals surface area contributed by atoms with Gasteiger partial charge < -0.3 is 0 Å². The lowest BCUT2D eigenvalue weighted by Crippen LogP contribution is -2.25. The summed E-state index contributed by atoms with van der Waals surface area (Å²) >= 11 is 0. The van der Waals surface area contributed by atoms with Crippen LogP contribution in [0.1, 0.15) is 142 Å². The summed E-state index contributed by atoms with van der Waals surface area (Å²) in [5, 5.41) is 2.32. The van der Waals surface area contributed by atoms with Crippen LogP contribution < -0.4 is 0 Å². The molecule has 6 aromatic rings. The highest BCUT2D eigenvalue weighted by Gasteiger charge is 2.42. The largest absolute Gasteiger partial charge is 0.254 e. The Labute approximate surface area is 331 Å². The number of benzene rings is 4. The minimum absolute atomic E-state index is 0.0151. The fourth-order valence-corrected chi connectivity index (χ4v) is 8.85. The molecular formula is C53H62N2. The minimum Gasteiger partial charge on any atom is -0.254 e. The fourth-order valence-electron chi connectivity index (χ4n) is 8.85. The Hall–Kier alpha value is -4.56. The highest BCUT2D eigenvalue weighted by Crippen LogP contribution is 2.55. The first-order valence-corrected chi connectivity index (χ1v) is 21.2. The van der Waals surface area contributed by atoms with Gasteiger partial charge in [0.1, 0.15) is 0 Å². The van der Waals surface area contributed by atoms with Crippen LogP contribution in [0.5, 0.6) is 0 Å². The van der Waals surface area contributed by atoms with Crippen molar-refractivity contribution in [1.29, 1.82) is 0 Å². The second kappa shape index (κ2) is 15.9. The topological polar surface area (TPSA) is 25.8 Å². The van der Waals surface area contributed by atoms with Gasteiger partial charge in [0.15, 0.2) is 0 Å². The fraction of sp³-hybridized carbons (Fsp3) is 0.396. The highest BCUT2D eigenvalue weighted by molar-refractivity contribution is 5.87. The Bertz CT molecular complexity index is 2230. The average molecular weight is 727 g/mol. The van der Waals surface area contributed by atoms with Crippen molar-refractivity contribution in [2.45, 2.75) is 136 Å². The summed E-state index contributed by atoms with van der Waals surface area (Å²) in [6.45, 7) is 18.6. The van der Waals surface area contributed by atoms with E-state index in [1.54, 1.807) is 0 Å². The summed E-state index contributed by atoms with van der Waals surface area (Å²) in [4.78, 5) is 10.5. The molecule has 2 aromatic heterocycles. The molecule has 7 rings (SSSR count). The Balaban J connectivity index is 1.43. The van der Waals surface area contributed by atoms with Crippen LogP contribution in [0.15, 0.2) is 109 Å². The van der Waals surface area contributed by atoms with E-state index in [1.807, 2.05) is 6.20 Å². The number of unbranched alkanes of at least 4 members (excludes halogenated alkanes) is 6. The molecular weight excluding hydrogens is 665 g/mol. The van der Waals surface area contributed by atoms with Crippen LogP contribution in [0.25, 0.3) is 55.7 Å². The van der Waals surface area contributed by atoms with Crippen molar-refractivity contribution >= 4 is 10.8 Å². The van der Waals surface area contributed by atoms with Crippen molar-refractivity contribution in [2.24, 2.45) is 0 Å². The lowest BCUT2D eigenvalue weighted by molar-refractivity contribution is 0.401. The van der Waals surface area contributed by atoms with E-state index in [0.717, 1.165) is 22.5 Å². The van der Waals surface area contributed by atoms with Crippen LogP contribution in [0, 0.1) is 0 Å². The lowest BCUT2D eigenvalue weighted by atomic mass is 9.70. The zero-order valence-electron chi connectivity index (χ0n) is 34.9. The van der Waals surface area contributed by atoms with Crippen LogP contribution in [0.2, 0.25) is 0 Å². The molecule has 0 amide bonds. The molecule has 284 valence electrons. The third kappa shape index (κ3) is 8.07. The number of hydrogen-bond acceptors (Lipinski definition) is 2. The molecule has 0 fully saturated rings. The molecule has 0 N–H and O–H groups in total. The van der Waals surface area contributed by atoms with E-state index in [-0.39, 0.29) is 16.2 Å². The van der Waals surface area contributed by atoms with E-state index >= 15 is 0 Å². The molecule has 2 nitrogen and oxygen atoms in total. The Morgan fingerprint density at radius 1 is 0.473 bits per heavy atom. The van der Waals surface area contributed by atoms with Crippen LogP contribution in [-0.4, -0.2) is 9.97 Å². The number of aromatic nitrogens is 2. The van der Waals surface area contributed by atoms with Crippen molar-refractivity contribution < 1.29 is 0 Å². The molecule has 0 bridgehead atoms. The zero-order valence-corrected chi connectivity index (χ0v) is 34.9. The van der Waals surface area contributed by atoms with Crippen LogP contribution in [0.3, 0.4) is 0 Å². The Morgan fingerprint density at radius 3 is 1.71 bits per heavy atom. The standard InChI is InChI=1S/C53H62N2/c1-9-11-13-19-27-53(28-20-14-12-10-2)46-24-18-17-23-44(46)45-26-25-38(31-47(45)53)48-33-41(40-29-42(51(3,4)5)35-43(30-40)52(6,7)8)34-50(55-48)49-32-37-21-15-16-22-39(37)36-54-49/h15-18,21-26,29-36H,9-14,19-20,27-28H2,1-8H3. The first kappa shape index (κ1) is 38.7. The monoisotopic (exact) mass is 726 g/mol. The van der Waals surface area contributed by atoms with Gasteiger partial charge in [-0.15, -0.1) is 0 Å². The summed E-state index contributed by atoms with van der Waals surface area (Å²) in [7, 11) is 0. The SMILES string of the molecule is CCCCCCC1(CCCCCC)c2ccccc2-c2ccc(-c3cc(-c4cc(C(C)(C)C)cc(C(C)(C)C)c4)cc(-c4cc5ccccc5cn4)n3)cc21. The second-order valence-electron chi connectivity index (χ2n) is 18.4. The summed E-state index contributed by atoms with van der Waals surface area (Å²) in [6, 6.07) is 39.1. The smallest absolute Gasteiger partial charge is 0.0900 e. The van der Waals surface area contributed by atoms with E-state index in [0.29, 0.717) is 0 Å². The molecule has 0 radical (unpaired) electrons. The molecule has 0 aliphatic heterocycles. The highest BCUT2D eigenvalue weighted by atomic mass is 14.8. The molecule has 0 saturated heterocycles. The number of hydrogen-bond donors (Lipinski definition) is 0. The Kier molecular flexibility index (Phi) is 11.2. The number of fused-ring (bicyclic) bond motifs is 4. The van der Waals surface area contributed by atoms with Gasteiger partial charge in [0.25, 0.3) is 0 Å². The summed E-state index contributed by atoms with van der Waals surface area (Å²) in [6.07, 6.45) is 14.6. The van der Waals surface area contributed by atoms with E-state index in [4.69, 9.17) is 9.97 Å². The van der Waals surface area contributed by atoms with Gasteiger partial charge in [-0.05, 0) is 97.8 Å². The van der Waals surface area contributed by atoms with E-state index < -0.39 is 0 Å². The second-order valence-corrected chi connectivity index (χ2v) is 18.4. The molecule has 0 unspecified atom stereocenters. The van der Waals surface area contributed by atoms with Gasteiger partial charge in [-0.1, -0.05) is 186 Å². The zero-order chi connectivity index (χ0) is 38.8. The normalized spacial score (nSPS) is 13.6. The first-order valence-electron chi connectivity index (χ1n) is 21.2.